The molecule has 0 amide bonds. The summed E-state index contributed by atoms with van der Waals surface area (Å²) >= 11 is 0. The van der Waals surface area contributed by atoms with Gasteiger partial charge in [-0.1, -0.05) is 19.8 Å². The fourth-order valence-electron chi connectivity index (χ4n) is 1.60. The monoisotopic (exact) mass is 263 g/mol. The molecule has 0 aliphatic carbocycles. The van der Waals surface area contributed by atoms with E-state index in [0.29, 0.717) is 17.6 Å². The lowest BCUT2D eigenvalue weighted by Gasteiger charge is -2.29. The fraction of sp³-hybridized carbons (Fsp3) is 0.923. The molecule has 0 bridgehead atoms. The zero-order valence-electron chi connectivity index (χ0n) is 12.2. The zero-order valence-corrected chi connectivity index (χ0v) is 12.2. The molecule has 0 rings (SSSR count). The summed E-state index contributed by atoms with van der Waals surface area (Å²) < 4.78 is 0.675. The van der Waals surface area contributed by atoms with Crippen molar-refractivity contribution in [1.29, 1.82) is 0 Å². The van der Waals surface area contributed by atoms with Gasteiger partial charge in [-0.05, 0) is 19.8 Å². The maximum atomic E-state index is 9.76. The number of carbonyl (C=O) groups excluding carboxylic acids is 1. The van der Waals surface area contributed by atoms with Gasteiger partial charge in [-0.15, -0.1) is 0 Å². The number of aliphatic hydroxyl groups is 2. The first-order valence-electron chi connectivity index (χ1n) is 6.56. The molecule has 0 spiro atoms. The third-order valence-corrected chi connectivity index (χ3v) is 2.45. The highest BCUT2D eigenvalue weighted by molar-refractivity contribution is 5.63. The molecule has 0 saturated heterocycles. The Kier molecular flexibility index (Phi) is 12.5. The number of hydrogen-bond donors (Lipinski definition) is 2. The first kappa shape index (κ1) is 19.7. The van der Waals surface area contributed by atoms with Crippen LogP contribution in [0.15, 0.2) is 0 Å². The first-order valence-corrected chi connectivity index (χ1v) is 6.56. The van der Waals surface area contributed by atoms with Crippen molar-refractivity contribution in [1.82, 2.24) is 0 Å². The summed E-state index contributed by atoms with van der Waals surface area (Å²) in [5.74, 6) is -0.932. The molecule has 2 N–H and O–H groups in total. The Hall–Kier alpha value is -0.650. The molecule has 1 unspecified atom stereocenters. The summed E-state index contributed by atoms with van der Waals surface area (Å²) in [5, 5.41) is 27.4. The van der Waals surface area contributed by atoms with Crippen molar-refractivity contribution in [3.63, 3.8) is 0 Å². The summed E-state index contributed by atoms with van der Waals surface area (Å²) in [6.45, 7) is 5.37. The van der Waals surface area contributed by atoms with E-state index >= 15 is 0 Å². The van der Waals surface area contributed by atoms with Crippen LogP contribution >= 0.6 is 0 Å². The second-order valence-corrected chi connectivity index (χ2v) is 5.24. The maximum Gasteiger partial charge on any atom is 0.104 e. The van der Waals surface area contributed by atoms with Crippen LogP contribution in [0.5, 0.6) is 0 Å². The van der Waals surface area contributed by atoms with Gasteiger partial charge in [-0.25, -0.2) is 0 Å². The van der Waals surface area contributed by atoms with Gasteiger partial charge in [0.25, 0.3) is 0 Å². The largest absolute Gasteiger partial charge is 0.550 e. The van der Waals surface area contributed by atoms with E-state index in [1.54, 1.807) is 6.92 Å². The molecule has 0 fully saturated rings. The van der Waals surface area contributed by atoms with Crippen LogP contribution < -0.4 is 5.11 Å². The molecule has 5 heteroatoms. The van der Waals surface area contributed by atoms with E-state index in [1.807, 2.05) is 21.0 Å². The van der Waals surface area contributed by atoms with E-state index in [0.717, 1.165) is 19.3 Å². The van der Waals surface area contributed by atoms with Crippen molar-refractivity contribution < 1.29 is 24.6 Å². The number of carboxylic acids is 1. The maximum absolute atomic E-state index is 9.76. The smallest absolute Gasteiger partial charge is 0.104 e. The summed E-state index contributed by atoms with van der Waals surface area (Å²) in [4.78, 5) is 9.76. The Labute approximate surface area is 111 Å². The molecule has 0 saturated carbocycles. The van der Waals surface area contributed by atoms with Gasteiger partial charge < -0.3 is 24.6 Å². The highest BCUT2D eigenvalue weighted by atomic mass is 16.4. The molecule has 5 nitrogen and oxygen atoms in total. The minimum Gasteiger partial charge on any atom is -0.550 e. The van der Waals surface area contributed by atoms with Gasteiger partial charge in [0, 0.05) is 5.97 Å². The summed E-state index contributed by atoms with van der Waals surface area (Å²) in [7, 11) is 3.98. The molecule has 0 aromatic heterocycles. The zero-order chi connectivity index (χ0) is 14.6. The van der Waals surface area contributed by atoms with E-state index in [-0.39, 0.29) is 19.1 Å². The predicted octanol–water partition coefficient (Wildman–Crippen LogP) is -0.247. The second kappa shape index (κ2) is 11.4. The van der Waals surface area contributed by atoms with E-state index in [4.69, 9.17) is 10.2 Å². The molecular formula is C13H29NO4. The van der Waals surface area contributed by atoms with Crippen LogP contribution in [-0.4, -0.2) is 60.6 Å². The molecule has 110 valence electrons. The quantitative estimate of drug-likeness (QED) is 0.467. The number of carboxylic acid groups (broad SMARTS) is 1. The lowest BCUT2D eigenvalue weighted by molar-refractivity contribution is -0.893. The van der Waals surface area contributed by atoms with Crippen LogP contribution in [0.2, 0.25) is 0 Å². The van der Waals surface area contributed by atoms with Crippen molar-refractivity contribution in [2.75, 3.05) is 33.8 Å². The van der Waals surface area contributed by atoms with Crippen LogP contribution in [0, 0.1) is 0 Å². The van der Waals surface area contributed by atoms with Crippen molar-refractivity contribution >= 4 is 5.97 Å². The Morgan fingerprint density at radius 1 is 1.33 bits per heavy atom. The number of nitrogens with zero attached hydrogens (tertiary/aromatic N) is 1. The van der Waals surface area contributed by atoms with Gasteiger partial charge in [0.1, 0.15) is 19.2 Å². The number of unbranched alkanes of at least 4 members (excludes halogenated alkanes) is 2. The number of carbonyl (C=O) groups is 1. The van der Waals surface area contributed by atoms with Crippen LogP contribution in [0.4, 0.5) is 0 Å². The molecule has 0 heterocycles. The standard InChI is InChI=1S/C7H18NO2.C6H12O2/c1-7(10)6-8(2,3)4-5-9;1-2-3-4-5-6(7)8/h7,9-10H,4-6H2,1-3H3;2-5H2,1H3,(H,7,8)/q+1;/p-1. The fourth-order valence-corrected chi connectivity index (χ4v) is 1.60. The van der Waals surface area contributed by atoms with E-state index < -0.39 is 5.97 Å². The van der Waals surface area contributed by atoms with Crippen molar-refractivity contribution in [2.45, 2.75) is 45.6 Å². The minimum atomic E-state index is -0.932. The normalized spacial score (nSPS) is 12.6. The SMILES string of the molecule is CC(O)C[N+](C)(C)CCO.CCCCCC(=O)[O-]. The van der Waals surface area contributed by atoms with Gasteiger partial charge in [-0.3, -0.25) is 0 Å². The first-order chi connectivity index (χ1) is 8.25. The number of rotatable bonds is 8. The lowest BCUT2D eigenvalue weighted by atomic mass is 10.2. The predicted molar refractivity (Wildman–Crippen MR) is 69.8 cm³/mol. The highest BCUT2D eigenvalue weighted by Gasteiger charge is 2.16. The summed E-state index contributed by atoms with van der Waals surface area (Å²) in [6, 6.07) is 0. The minimum absolute atomic E-state index is 0.180. The number of aliphatic hydroxyl groups excluding tert-OH is 2. The Morgan fingerprint density at radius 3 is 2.22 bits per heavy atom. The topological polar surface area (TPSA) is 80.6 Å². The third kappa shape index (κ3) is 17.7. The van der Waals surface area contributed by atoms with E-state index in [1.165, 1.54) is 0 Å². The van der Waals surface area contributed by atoms with Crippen molar-refractivity contribution in [3.8, 4) is 0 Å². The molecular weight excluding hydrogens is 234 g/mol. The number of likely N-dealkylation sites (N-methyl/N-ethyl adjacent to an activating group) is 1. The van der Waals surface area contributed by atoms with E-state index in [9.17, 15) is 9.90 Å². The lowest BCUT2D eigenvalue weighted by Crippen LogP contribution is -2.46. The average molecular weight is 263 g/mol. The van der Waals surface area contributed by atoms with Gasteiger partial charge >= 0.3 is 0 Å². The Morgan fingerprint density at radius 2 is 1.89 bits per heavy atom. The second-order valence-electron chi connectivity index (χ2n) is 5.24. The van der Waals surface area contributed by atoms with Crippen molar-refractivity contribution in [3.05, 3.63) is 0 Å². The summed E-state index contributed by atoms with van der Waals surface area (Å²) in [6.07, 6.45) is 2.75. The summed E-state index contributed by atoms with van der Waals surface area (Å²) in [5.41, 5.74) is 0. The van der Waals surface area contributed by atoms with Gasteiger partial charge in [-0.2, -0.15) is 0 Å². The number of quaternary nitrogens is 1. The van der Waals surface area contributed by atoms with Crippen LogP contribution in [0.3, 0.4) is 0 Å². The van der Waals surface area contributed by atoms with Gasteiger partial charge in [0.15, 0.2) is 0 Å². The molecule has 0 radical (unpaired) electrons. The molecule has 0 aromatic rings. The Balaban J connectivity index is 0. The van der Waals surface area contributed by atoms with Crippen LogP contribution in [0.25, 0.3) is 0 Å². The van der Waals surface area contributed by atoms with Gasteiger partial charge in [0.05, 0.1) is 20.7 Å². The average Bonchev–Trinajstić information content (AvgIpc) is 2.16. The molecule has 0 aliphatic rings. The number of aliphatic carboxylic acids is 1. The molecule has 18 heavy (non-hydrogen) atoms. The van der Waals surface area contributed by atoms with Crippen LogP contribution in [0.1, 0.15) is 39.5 Å². The van der Waals surface area contributed by atoms with Gasteiger partial charge in [0.2, 0.25) is 0 Å². The molecule has 1 atom stereocenters. The number of hydrogen-bond acceptors (Lipinski definition) is 4. The highest BCUT2D eigenvalue weighted by Crippen LogP contribution is 1.97. The molecule has 0 aromatic carbocycles. The van der Waals surface area contributed by atoms with Crippen LogP contribution in [-0.2, 0) is 4.79 Å². The van der Waals surface area contributed by atoms with E-state index in [2.05, 4.69) is 0 Å². The third-order valence-electron chi connectivity index (χ3n) is 2.45. The molecule has 0 aliphatic heterocycles. The van der Waals surface area contributed by atoms with Crippen molar-refractivity contribution in [2.24, 2.45) is 0 Å². The Bertz CT molecular complexity index is 205.